The van der Waals surface area contributed by atoms with Crippen molar-refractivity contribution >= 4 is 29.0 Å². The summed E-state index contributed by atoms with van der Waals surface area (Å²) in [6, 6.07) is 14.8. The number of aliphatic carboxylic acids is 1. The molecule has 5 heteroatoms. The molecule has 1 aliphatic rings. The average molecular weight is 425 g/mol. The van der Waals surface area contributed by atoms with Crippen LogP contribution >= 0.6 is 12.2 Å². The summed E-state index contributed by atoms with van der Waals surface area (Å²) in [4.78, 5) is 13.5. The Bertz CT molecular complexity index is 884. The molecule has 0 atom stereocenters. The Hall–Kier alpha value is -2.40. The van der Waals surface area contributed by atoms with Crippen LogP contribution in [0.4, 0.5) is 5.69 Å². The van der Waals surface area contributed by atoms with Crippen LogP contribution in [0, 0.1) is 32.6 Å². The van der Waals surface area contributed by atoms with Crippen molar-refractivity contribution in [2.75, 3.05) is 11.9 Å². The number of thiocarbonyl (C=S) groups is 1. The summed E-state index contributed by atoms with van der Waals surface area (Å²) in [5.41, 5.74) is 5.95. The zero-order valence-corrected chi connectivity index (χ0v) is 19.0. The SMILES string of the molecule is Cc1cc(C)cc(NC(=S)N(Cc2ccccc2C)CC2CCC(C(=O)O)CC2)c1. The molecule has 2 aromatic rings. The van der Waals surface area contributed by atoms with Gasteiger partial charge in [-0.05, 0) is 99.0 Å². The quantitative estimate of drug-likeness (QED) is 0.583. The summed E-state index contributed by atoms with van der Waals surface area (Å²) in [5.74, 6) is -0.382. The van der Waals surface area contributed by atoms with E-state index in [0.29, 0.717) is 5.92 Å². The van der Waals surface area contributed by atoms with Gasteiger partial charge >= 0.3 is 5.97 Å². The summed E-state index contributed by atoms with van der Waals surface area (Å²) in [5, 5.41) is 13.5. The molecule has 3 rings (SSSR count). The van der Waals surface area contributed by atoms with E-state index in [9.17, 15) is 9.90 Å². The fourth-order valence-corrected chi connectivity index (χ4v) is 4.62. The lowest BCUT2D eigenvalue weighted by Crippen LogP contribution is -2.39. The molecule has 0 unspecified atom stereocenters. The van der Waals surface area contributed by atoms with Crippen molar-refractivity contribution in [1.29, 1.82) is 0 Å². The summed E-state index contributed by atoms with van der Waals surface area (Å²) < 4.78 is 0. The van der Waals surface area contributed by atoms with Gasteiger partial charge < -0.3 is 15.3 Å². The number of hydrogen-bond acceptors (Lipinski definition) is 2. The molecule has 0 aromatic heterocycles. The minimum Gasteiger partial charge on any atom is -0.481 e. The molecule has 160 valence electrons. The highest BCUT2D eigenvalue weighted by molar-refractivity contribution is 7.80. The van der Waals surface area contributed by atoms with Crippen LogP contribution in [0.5, 0.6) is 0 Å². The van der Waals surface area contributed by atoms with Crippen LogP contribution < -0.4 is 5.32 Å². The first-order chi connectivity index (χ1) is 14.3. The third-order valence-corrected chi connectivity index (χ3v) is 6.42. The molecule has 0 amide bonds. The molecule has 0 aliphatic heterocycles. The minimum atomic E-state index is -0.655. The second-order valence-electron chi connectivity index (χ2n) is 8.67. The number of nitrogens with one attached hydrogen (secondary N) is 1. The highest BCUT2D eigenvalue weighted by Crippen LogP contribution is 2.30. The van der Waals surface area contributed by atoms with E-state index in [1.807, 2.05) is 0 Å². The Morgan fingerprint density at radius 2 is 1.70 bits per heavy atom. The molecule has 1 saturated carbocycles. The van der Waals surface area contributed by atoms with Gasteiger partial charge in [-0.2, -0.15) is 0 Å². The Morgan fingerprint density at radius 3 is 2.30 bits per heavy atom. The molecule has 30 heavy (non-hydrogen) atoms. The number of aryl methyl sites for hydroxylation is 3. The van der Waals surface area contributed by atoms with E-state index in [-0.39, 0.29) is 5.92 Å². The van der Waals surface area contributed by atoms with Crippen LogP contribution in [-0.2, 0) is 11.3 Å². The van der Waals surface area contributed by atoms with Gasteiger partial charge in [0.15, 0.2) is 5.11 Å². The molecule has 0 radical (unpaired) electrons. The van der Waals surface area contributed by atoms with Crippen LogP contribution in [0.2, 0.25) is 0 Å². The second kappa shape index (κ2) is 10.1. The summed E-state index contributed by atoms with van der Waals surface area (Å²) in [6.45, 7) is 7.91. The van der Waals surface area contributed by atoms with Crippen molar-refractivity contribution in [3.8, 4) is 0 Å². The van der Waals surface area contributed by atoms with Crippen molar-refractivity contribution in [2.45, 2.75) is 53.0 Å². The first-order valence-corrected chi connectivity index (χ1v) is 11.1. The van der Waals surface area contributed by atoms with Crippen LogP contribution in [0.25, 0.3) is 0 Å². The van der Waals surface area contributed by atoms with E-state index in [1.165, 1.54) is 22.3 Å². The molecule has 4 nitrogen and oxygen atoms in total. The molecular weight excluding hydrogens is 392 g/mol. The number of rotatable bonds is 6. The van der Waals surface area contributed by atoms with Gasteiger partial charge in [0.25, 0.3) is 0 Å². The van der Waals surface area contributed by atoms with Crippen molar-refractivity contribution in [2.24, 2.45) is 11.8 Å². The number of nitrogens with zero attached hydrogens (tertiary/aromatic N) is 1. The Labute approximate surface area is 185 Å². The monoisotopic (exact) mass is 424 g/mol. The largest absolute Gasteiger partial charge is 0.481 e. The van der Waals surface area contributed by atoms with E-state index >= 15 is 0 Å². The van der Waals surface area contributed by atoms with E-state index in [2.05, 4.69) is 73.5 Å². The topological polar surface area (TPSA) is 52.6 Å². The first-order valence-electron chi connectivity index (χ1n) is 10.7. The van der Waals surface area contributed by atoms with Crippen LogP contribution in [0.15, 0.2) is 42.5 Å². The molecule has 2 N–H and O–H groups in total. The Balaban J connectivity index is 1.74. The summed E-state index contributed by atoms with van der Waals surface area (Å²) in [6.07, 6.45) is 3.39. The van der Waals surface area contributed by atoms with E-state index in [4.69, 9.17) is 12.2 Å². The maximum atomic E-state index is 11.3. The van der Waals surface area contributed by atoms with Gasteiger partial charge in [0.05, 0.1) is 5.92 Å². The van der Waals surface area contributed by atoms with Crippen molar-refractivity contribution in [3.05, 3.63) is 64.7 Å². The van der Waals surface area contributed by atoms with Crippen LogP contribution in [0.1, 0.15) is 47.9 Å². The average Bonchev–Trinajstić information content (AvgIpc) is 2.68. The number of benzene rings is 2. The number of anilines is 1. The smallest absolute Gasteiger partial charge is 0.306 e. The number of carboxylic acid groups (broad SMARTS) is 1. The highest BCUT2D eigenvalue weighted by atomic mass is 32.1. The fraction of sp³-hybridized carbons (Fsp3) is 0.440. The van der Waals surface area contributed by atoms with E-state index < -0.39 is 5.97 Å². The third-order valence-electron chi connectivity index (χ3n) is 6.06. The Kier molecular flexibility index (Phi) is 7.48. The summed E-state index contributed by atoms with van der Waals surface area (Å²) >= 11 is 5.84. The minimum absolute atomic E-state index is 0.189. The van der Waals surface area contributed by atoms with Crippen LogP contribution in [0.3, 0.4) is 0 Å². The zero-order chi connectivity index (χ0) is 21.7. The Morgan fingerprint density at radius 1 is 1.07 bits per heavy atom. The van der Waals surface area contributed by atoms with Crippen molar-refractivity contribution in [1.82, 2.24) is 4.90 Å². The molecule has 0 bridgehead atoms. The number of hydrogen-bond donors (Lipinski definition) is 2. The predicted molar refractivity (Wildman–Crippen MR) is 127 cm³/mol. The van der Waals surface area contributed by atoms with E-state index in [0.717, 1.165) is 49.6 Å². The highest BCUT2D eigenvalue weighted by Gasteiger charge is 2.27. The van der Waals surface area contributed by atoms with Gasteiger partial charge in [-0.3, -0.25) is 4.79 Å². The molecule has 0 spiro atoms. The number of carbonyl (C=O) groups is 1. The standard InChI is InChI=1S/C25H32N2O2S/c1-17-12-18(2)14-23(13-17)26-25(30)27(16-22-7-5-4-6-19(22)3)15-20-8-10-21(11-9-20)24(28)29/h4-7,12-14,20-21H,8-11,15-16H2,1-3H3,(H,26,30)(H,28,29). The van der Waals surface area contributed by atoms with E-state index in [1.54, 1.807) is 0 Å². The molecule has 1 aliphatic carbocycles. The fourth-order valence-electron chi connectivity index (χ4n) is 4.37. The lowest BCUT2D eigenvalue weighted by molar-refractivity contribution is -0.143. The van der Waals surface area contributed by atoms with Crippen molar-refractivity contribution in [3.63, 3.8) is 0 Å². The maximum Gasteiger partial charge on any atom is 0.306 e. The van der Waals surface area contributed by atoms with Gasteiger partial charge in [-0.15, -0.1) is 0 Å². The first kappa shape index (κ1) is 22.3. The van der Waals surface area contributed by atoms with Crippen molar-refractivity contribution < 1.29 is 9.90 Å². The zero-order valence-electron chi connectivity index (χ0n) is 18.1. The lowest BCUT2D eigenvalue weighted by Gasteiger charge is -2.33. The molecular formula is C25H32N2O2S. The third kappa shape index (κ3) is 6.05. The molecule has 0 saturated heterocycles. The lowest BCUT2D eigenvalue weighted by atomic mass is 9.82. The molecule has 1 fully saturated rings. The van der Waals surface area contributed by atoms with Gasteiger partial charge in [0.2, 0.25) is 0 Å². The van der Waals surface area contributed by atoms with Gasteiger partial charge in [-0.1, -0.05) is 30.3 Å². The molecule has 0 heterocycles. The summed E-state index contributed by atoms with van der Waals surface area (Å²) in [7, 11) is 0. The van der Waals surface area contributed by atoms with Crippen LogP contribution in [-0.4, -0.2) is 27.6 Å². The van der Waals surface area contributed by atoms with Gasteiger partial charge in [0.1, 0.15) is 0 Å². The maximum absolute atomic E-state index is 11.3. The molecule has 2 aromatic carbocycles. The number of carboxylic acids is 1. The second-order valence-corrected chi connectivity index (χ2v) is 9.06. The van der Waals surface area contributed by atoms with Gasteiger partial charge in [0, 0.05) is 18.8 Å². The normalized spacial score (nSPS) is 18.6. The van der Waals surface area contributed by atoms with Gasteiger partial charge in [-0.25, -0.2) is 0 Å². The predicted octanol–water partition coefficient (Wildman–Crippen LogP) is 5.70.